The number of alkyl halides is 3. The topological polar surface area (TPSA) is 74.8 Å². The predicted molar refractivity (Wildman–Crippen MR) is 120 cm³/mol. The molecule has 10 heteroatoms. The molecule has 168 valence electrons. The number of aryl methyl sites for hydroxylation is 2. The second kappa shape index (κ2) is 7.77. The van der Waals surface area contributed by atoms with E-state index in [-0.39, 0.29) is 10.6 Å². The number of aromatic nitrogens is 3. The zero-order valence-electron chi connectivity index (χ0n) is 17.3. The van der Waals surface area contributed by atoms with Crippen molar-refractivity contribution in [3.05, 3.63) is 76.2 Å². The Balaban J connectivity index is 1.66. The van der Waals surface area contributed by atoms with Crippen molar-refractivity contribution in [3.63, 3.8) is 0 Å². The van der Waals surface area contributed by atoms with Gasteiger partial charge in [-0.05, 0) is 49.6 Å². The van der Waals surface area contributed by atoms with E-state index in [4.69, 9.17) is 16.8 Å². The molecule has 0 bridgehead atoms. The fourth-order valence-electron chi connectivity index (χ4n) is 4.10. The van der Waals surface area contributed by atoms with E-state index in [0.29, 0.717) is 35.0 Å². The molecule has 0 aliphatic heterocycles. The monoisotopic (exact) mass is 471 g/mol. The van der Waals surface area contributed by atoms with Crippen LogP contribution in [0.15, 0.2) is 53.9 Å². The Kier molecular flexibility index (Phi) is 5.01. The highest BCUT2D eigenvalue weighted by atomic mass is 35.5. The maximum Gasteiger partial charge on any atom is 0.417 e. The molecule has 0 saturated carbocycles. The van der Waals surface area contributed by atoms with Gasteiger partial charge in [0.15, 0.2) is 5.65 Å². The first-order valence-electron chi connectivity index (χ1n) is 10.1. The third-order valence-electron chi connectivity index (χ3n) is 5.69. The Morgan fingerprint density at radius 1 is 1.15 bits per heavy atom. The molecule has 1 aliphatic carbocycles. The molecule has 0 atom stereocenters. The highest BCUT2D eigenvalue weighted by Crippen LogP contribution is 2.39. The first-order valence-corrected chi connectivity index (χ1v) is 10.5. The molecule has 0 amide bonds. The Labute approximate surface area is 191 Å². The van der Waals surface area contributed by atoms with Gasteiger partial charge < -0.3 is 10.5 Å². The minimum Gasteiger partial charge on any atom is -0.411 e. The number of hydrogen-bond acceptors (Lipinski definition) is 5. The second-order valence-corrected chi connectivity index (χ2v) is 8.16. The summed E-state index contributed by atoms with van der Waals surface area (Å²) in [4.78, 5) is 8.85. The number of anilines is 2. The summed E-state index contributed by atoms with van der Waals surface area (Å²) in [5.41, 5.74) is 4.11. The maximum absolute atomic E-state index is 13.5. The van der Waals surface area contributed by atoms with E-state index >= 15 is 0 Å². The van der Waals surface area contributed by atoms with Gasteiger partial charge >= 0.3 is 6.18 Å². The lowest BCUT2D eigenvalue weighted by molar-refractivity contribution is -0.137. The van der Waals surface area contributed by atoms with Crippen LogP contribution in [0.5, 0.6) is 0 Å². The predicted octanol–water partition coefficient (Wildman–Crippen LogP) is 6.25. The summed E-state index contributed by atoms with van der Waals surface area (Å²) in [6.45, 7) is 1.78. The number of imidazole rings is 1. The third-order valence-corrected chi connectivity index (χ3v) is 6.02. The molecule has 0 unspecified atom stereocenters. The minimum atomic E-state index is -4.59. The molecule has 2 aromatic carbocycles. The van der Waals surface area contributed by atoms with E-state index < -0.39 is 11.7 Å². The van der Waals surface area contributed by atoms with Crippen molar-refractivity contribution < 1.29 is 18.4 Å². The quantitative estimate of drug-likeness (QED) is 0.274. The third kappa shape index (κ3) is 3.68. The molecule has 0 saturated heterocycles. The summed E-state index contributed by atoms with van der Waals surface area (Å²) < 4.78 is 42.2. The Morgan fingerprint density at radius 3 is 2.73 bits per heavy atom. The van der Waals surface area contributed by atoms with Crippen molar-refractivity contribution >= 4 is 34.5 Å². The number of benzene rings is 2. The van der Waals surface area contributed by atoms with Crippen molar-refractivity contribution in [1.82, 2.24) is 14.4 Å². The molecule has 2 aromatic heterocycles. The van der Waals surface area contributed by atoms with Gasteiger partial charge in [-0.15, -0.1) is 0 Å². The van der Waals surface area contributed by atoms with Gasteiger partial charge in [0.05, 0.1) is 22.0 Å². The van der Waals surface area contributed by atoms with Gasteiger partial charge in [0.25, 0.3) is 0 Å². The summed E-state index contributed by atoms with van der Waals surface area (Å²) in [5, 5.41) is 15.4. The zero-order chi connectivity index (χ0) is 23.3. The number of nitrogens with zero attached hydrogens (tertiary/aromatic N) is 4. The van der Waals surface area contributed by atoms with E-state index in [9.17, 15) is 13.2 Å². The van der Waals surface area contributed by atoms with Gasteiger partial charge in [0, 0.05) is 29.2 Å². The molecule has 5 rings (SSSR count). The Bertz CT molecular complexity index is 1430. The fraction of sp³-hybridized carbons (Fsp3) is 0.174. The van der Waals surface area contributed by atoms with Crippen LogP contribution in [0.1, 0.15) is 28.8 Å². The van der Waals surface area contributed by atoms with Crippen LogP contribution in [-0.2, 0) is 12.6 Å². The van der Waals surface area contributed by atoms with Crippen molar-refractivity contribution in [3.8, 4) is 11.3 Å². The van der Waals surface area contributed by atoms with Crippen LogP contribution in [0.4, 0.5) is 24.7 Å². The van der Waals surface area contributed by atoms with E-state index in [2.05, 4.69) is 20.4 Å². The fourth-order valence-corrected chi connectivity index (χ4v) is 4.33. The molecule has 0 radical (unpaired) electrons. The number of nitrogens with one attached hydrogen (secondary N) is 1. The summed E-state index contributed by atoms with van der Waals surface area (Å²) in [5.74, 6) is 0.500. The average molecular weight is 472 g/mol. The average Bonchev–Trinajstić information content (AvgIpc) is 3.35. The van der Waals surface area contributed by atoms with Crippen molar-refractivity contribution in [2.24, 2.45) is 5.16 Å². The van der Waals surface area contributed by atoms with E-state index in [1.54, 1.807) is 23.7 Å². The Morgan fingerprint density at radius 2 is 1.97 bits per heavy atom. The van der Waals surface area contributed by atoms with Crippen LogP contribution >= 0.6 is 11.6 Å². The first kappa shape index (κ1) is 21.3. The highest BCUT2D eigenvalue weighted by molar-refractivity contribution is 6.31. The maximum atomic E-state index is 13.5. The van der Waals surface area contributed by atoms with Crippen LogP contribution in [0.2, 0.25) is 5.02 Å². The lowest BCUT2D eigenvalue weighted by atomic mass is 10.1. The smallest absolute Gasteiger partial charge is 0.411 e. The van der Waals surface area contributed by atoms with Crippen molar-refractivity contribution in [2.45, 2.75) is 25.9 Å². The molecule has 2 N–H and O–H groups in total. The summed E-state index contributed by atoms with van der Waals surface area (Å²) in [6, 6.07) is 9.37. The number of hydrogen-bond donors (Lipinski definition) is 2. The first-order chi connectivity index (χ1) is 15.8. The van der Waals surface area contributed by atoms with Gasteiger partial charge in [-0.1, -0.05) is 28.9 Å². The number of halogens is 4. The molecule has 0 spiro atoms. The van der Waals surface area contributed by atoms with Crippen LogP contribution in [-0.4, -0.2) is 25.3 Å². The number of fused-ring (bicyclic) bond motifs is 2. The molecular weight excluding hydrogens is 455 g/mol. The van der Waals surface area contributed by atoms with Gasteiger partial charge in [0.2, 0.25) is 0 Å². The molecule has 2 heterocycles. The molecular formula is C23H17ClF3N5O. The van der Waals surface area contributed by atoms with Crippen LogP contribution in [0.25, 0.3) is 16.9 Å². The summed E-state index contributed by atoms with van der Waals surface area (Å²) in [7, 11) is 0. The summed E-state index contributed by atoms with van der Waals surface area (Å²) >= 11 is 5.82. The van der Waals surface area contributed by atoms with Crippen LogP contribution in [0.3, 0.4) is 0 Å². The van der Waals surface area contributed by atoms with Gasteiger partial charge in [-0.2, -0.15) is 13.2 Å². The largest absolute Gasteiger partial charge is 0.417 e. The van der Waals surface area contributed by atoms with E-state index in [0.717, 1.165) is 29.3 Å². The van der Waals surface area contributed by atoms with Crippen molar-refractivity contribution in [2.75, 3.05) is 5.32 Å². The molecule has 0 fully saturated rings. The normalized spacial score (nSPS) is 14.8. The lowest BCUT2D eigenvalue weighted by Crippen LogP contribution is -2.06. The lowest BCUT2D eigenvalue weighted by Gasteiger charge is -2.13. The Hall–Kier alpha value is -3.59. The molecule has 33 heavy (non-hydrogen) atoms. The van der Waals surface area contributed by atoms with E-state index in [1.807, 2.05) is 18.2 Å². The van der Waals surface area contributed by atoms with Gasteiger partial charge in [-0.25, -0.2) is 4.98 Å². The van der Waals surface area contributed by atoms with Gasteiger partial charge in [-0.3, -0.25) is 9.38 Å². The zero-order valence-corrected chi connectivity index (χ0v) is 18.0. The standard InChI is InChI=1S/C23H17ClF3N5O/c1-12-21-30-20(14-2-6-18(24)17(11-14)23(25,26)27)22(32(21)9-8-28-12)29-15-4-5-16-13(10-15)3-7-19(16)31-33/h2,4-6,8-11,29,33H,3,7H2,1H3. The second-order valence-electron chi connectivity index (χ2n) is 7.75. The minimum absolute atomic E-state index is 0.271. The molecule has 6 nitrogen and oxygen atoms in total. The molecule has 1 aliphatic rings. The van der Waals surface area contributed by atoms with E-state index in [1.165, 1.54) is 12.1 Å². The SMILES string of the molecule is Cc1nccn2c(Nc3ccc4c(c3)CCC4=NO)c(-c3ccc(Cl)c(C(F)(F)F)c3)nc12. The highest BCUT2D eigenvalue weighted by Gasteiger charge is 2.34. The van der Waals surface area contributed by atoms with Crippen molar-refractivity contribution in [1.29, 1.82) is 0 Å². The molecule has 4 aromatic rings. The van der Waals surface area contributed by atoms with Gasteiger partial charge in [0.1, 0.15) is 11.5 Å². The van der Waals surface area contributed by atoms with Crippen LogP contribution in [0, 0.1) is 6.92 Å². The number of oxime groups is 1. The van der Waals surface area contributed by atoms with Crippen LogP contribution < -0.4 is 5.32 Å². The number of rotatable bonds is 3. The summed E-state index contributed by atoms with van der Waals surface area (Å²) in [6.07, 6.45) is 0.0923.